The molecule has 2 aromatic rings. The first-order valence-corrected chi connectivity index (χ1v) is 9.51. The van der Waals surface area contributed by atoms with Crippen LogP contribution in [-0.4, -0.2) is 29.6 Å². The highest BCUT2D eigenvalue weighted by atomic mass is 32.2. The van der Waals surface area contributed by atoms with Gasteiger partial charge in [-0.15, -0.1) is 0 Å². The number of rotatable bonds is 3. The quantitative estimate of drug-likeness (QED) is 0.712. The van der Waals surface area contributed by atoms with Crippen LogP contribution in [0.3, 0.4) is 0 Å². The molecule has 1 amide bonds. The molecule has 156 valence electrons. The lowest BCUT2D eigenvalue weighted by molar-refractivity contribution is -0.194. The normalized spacial score (nSPS) is 19.2. The number of benzene rings is 1. The second-order valence-corrected chi connectivity index (χ2v) is 8.23. The van der Waals surface area contributed by atoms with E-state index in [4.69, 9.17) is 0 Å². The standard InChI is InChI=1S/C16H15F3N4O5S/c1-8-4-6-9(7-5-8)29(27,28)21-15(16(17,18)19)10-11(20-13(15)25)22(2)14(26)23(3)12(10)24/h4-7,21H,1-3H3,(H,20,25)/t15-/m1/s1. The van der Waals surface area contributed by atoms with Crippen molar-refractivity contribution < 1.29 is 26.4 Å². The lowest BCUT2D eigenvalue weighted by atomic mass is 9.93. The predicted molar refractivity (Wildman–Crippen MR) is 94.8 cm³/mol. The number of hydrogen-bond donors (Lipinski definition) is 2. The lowest BCUT2D eigenvalue weighted by Gasteiger charge is -2.30. The topological polar surface area (TPSA) is 119 Å². The van der Waals surface area contributed by atoms with Crippen LogP contribution in [0, 0.1) is 6.92 Å². The summed E-state index contributed by atoms with van der Waals surface area (Å²) in [6.45, 7) is 1.64. The van der Waals surface area contributed by atoms with Crippen LogP contribution < -0.4 is 21.3 Å². The third kappa shape index (κ3) is 2.88. The van der Waals surface area contributed by atoms with Gasteiger partial charge in [0.15, 0.2) is 0 Å². The van der Waals surface area contributed by atoms with Crippen LogP contribution in [-0.2, 0) is 34.5 Å². The fourth-order valence-corrected chi connectivity index (χ4v) is 4.37. The average molecular weight is 432 g/mol. The van der Waals surface area contributed by atoms with E-state index >= 15 is 0 Å². The second-order valence-electron chi connectivity index (χ2n) is 6.55. The Morgan fingerprint density at radius 1 is 1.03 bits per heavy atom. The minimum Gasteiger partial charge on any atom is -0.309 e. The number of fused-ring (bicyclic) bond motifs is 1. The molecule has 29 heavy (non-hydrogen) atoms. The molecule has 1 aromatic carbocycles. The largest absolute Gasteiger partial charge is 0.421 e. The van der Waals surface area contributed by atoms with E-state index in [1.807, 2.05) is 5.32 Å². The van der Waals surface area contributed by atoms with Crippen LogP contribution in [0.2, 0.25) is 0 Å². The molecule has 0 bridgehead atoms. The van der Waals surface area contributed by atoms with Crippen molar-refractivity contribution in [2.45, 2.75) is 23.5 Å². The summed E-state index contributed by atoms with van der Waals surface area (Å²) >= 11 is 0. The summed E-state index contributed by atoms with van der Waals surface area (Å²) in [4.78, 5) is 36.5. The number of hydrogen-bond acceptors (Lipinski definition) is 5. The average Bonchev–Trinajstić information content (AvgIpc) is 2.91. The maximum atomic E-state index is 14.2. The maximum Gasteiger partial charge on any atom is 0.421 e. The Bertz CT molecular complexity index is 1250. The molecule has 2 heterocycles. The number of halogens is 3. The molecule has 0 saturated carbocycles. The fraction of sp³-hybridized carbons (Fsp3) is 0.312. The first-order chi connectivity index (χ1) is 13.2. The molecule has 0 fully saturated rings. The lowest BCUT2D eigenvalue weighted by Crippen LogP contribution is -2.62. The summed E-state index contributed by atoms with van der Waals surface area (Å²) in [7, 11) is -2.93. The number of carbonyl (C=O) groups excluding carboxylic acids is 1. The van der Waals surface area contributed by atoms with Gasteiger partial charge >= 0.3 is 11.9 Å². The highest BCUT2D eigenvalue weighted by Gasteiger charge is 2.69. The van der Waals surface area contributed by atoms with Crippen molar-refractivity contribution in [2.24, 2.45) is 14.1 Å². The predicted octanol–water partition coefficient (Wildman–Crippen LogP) is 0.0806. The second kappa shape index (κ2) is 6.29. The van der Waals surface area contributed by atoms with Gasteiger partial charge in [-0.25, -0.2) is 13.2 Å². The molecular formula is C16H15F3N4O5S. The van der Waals surface area contributed by atoms with Gasteiger partial charge in [-0.2, -0.15) is 17.9 Å². The summed E-state index contributed by atoms with van der Waals surface area (Å²) in [5, 5.41) is 1.82. The zero-order valence-corrected chi connectivity index (χ0v) is 16.1. The third-order valence-electron chi connectivity index (χ3n) is 4.66. The molecule has 0 saturated heterocycles. The number of nitrogens with zero attached hydrogens (tertiary/aromatic N) is 2. The Morgan fingerprint density at radius 2 is 1.59 bits per heavy atom. The molecular weight excluding hydrogens is 417 g/mol. The van der Waals surface area contributed by atoms with Gasteiger partial charge in [0.1, 0.15) is 5.82 Å². The number of anilines is 1. The molecule has 1 atom stereocenters. The zero-order chi connectivity index (χ0) is 21.9. The van der Waals surface area contributed by atoms with Crippen molar-refractivity contribution in [3.05, 3.63) is 56.2 Å². The molecule has 1 aliphatic rings. The molecule has 9 nitrogen and oxygen atoms in total. The van der Waals surface area contributed by atoms with Crippen LogP contribution in [0.4, 0.5) is 19.0 Å². The van der Waals surface area contributed by atoms with Gasteiger partial charge in [-0.1, -0.05) is 17.7 Å². The van der Waals surface area contributed by atoms with Gasteiger partial charge in [-0.05, 0) is 19.1 Å². The molecule has 1 aromatic heterocycles. The Morgan fingerprint density at radius 3 is 2.10 bits per heavy atom. The van der Waals surface area contributed by atoms with Crippen LogP contribution in [0.15, 0.2) is 38.8 Å². The van der Waals surface area contributed by atoms with E-state index in [-0.39, 0.29) is 0 Å². The van der Waals surface area contributed by atoms with Crippen molar-refractivity contribution in [1.82, 2.24) is 13.9 Å². The summed E-state index contributed by atoms with van der Waals surface area (Å²) in [6, 6.07) is 4.85. The van der Waals surface area contributed by atoms with Crippen molar-refractivity contribution >= 4 is 21.7 Å². The van der Waals surface area contributed by atoms with Gasteiger partial charge in [0, 0.05) is 14.1 Å². The Balaban J connectivity index is 2.35. The number of nitrogens with one attached hydrogen (secondary N) is 2. The summed E-state index contributed by atoms with van der Waals surface area (Å²) < 4.78 is 70.3. The number of alkyl halides is 3. The number of carbonyl (C=O) groups is 1. The molecule has 0 aliphatic carbocycles. The van der Waals surface area contributed by atoms with E-state index in [2.05, 4.69) is 0 Å². The van der Waals surface area contributed by atoms with E-state index < -0.39 is 55.2 Å². The molecule has 3 rings (SSSR count). The summed E-state index contributed by atoms with van der Waals surface area (Å²) in [5.74, 6) is -2.57. The van der Waals surface area contributed by atoms with Crippen molar-refractivity contribution in [3.8, 4) is 0 Å². The van der Waals surface area contributed by atoms with Crippen LogP contribution in [0.1, 0.15) is 11.1 Å². The number of aromatic nitrogens is 2. The van der Waals surface area contributed by atoms with E-state index in [1.54, 1.807) is 6.92 Å². The van der Waals surface area contributed by atoms with E-state index in [0.29, 0.717) is 14.7 Å². The third-order valence-corrected chi connectivity index (χ3v) is 6.12. The SMILES string of the molecule is Cc1ccc(S(=O)(=O)N[C@@]2(C(F)(F)F)C(=O)Nc3c2c(=O)n(C)c(=O)n3C)cc1. The highest BCUT2D eigenvalue weighted by Crippen LogP contribution is 2.45. The molecule has 13 heteroatoms. The van der Waals surface area contributed by atoms with Crippen LogP contribution in [0.25, 0.3) is 0 Å². The van der Waals surface area contributed by atoms with Gasteiger partial charge in [0.25, 0.3) is 11.5 Å². The zero-order valence-electron chi connectivity index (χ0n) is 15.3. The first kappa shape index (κ1) is 20.8. The number of sulfonamides is 1. The first-order valence-electron chi connectivity index (χ1n) is 8.03. The minimum absolute atomic E-state index is 0.361. The monoisotopic (exact) mass is 432 g/mol. The molecule has 0 unspecified atom stereocenters. The molecule has 1 aliphatic heterocycles. The van der Waals surface area contributed by atoms with E-state index in [9.17, 15) is 36.0 Å². The van der Waals surface area contributed by atoms with E-state index in [0.717, 1.165) is 26.2 Å². The smallest absolute Gasteiger partial charge is 0.309 e. The van der Waals surface area contributed by atoms with Crippen molar-refractivity contribution in [2.75, 3.05) is 5.32 Å². The summed E-state index contributed by atoms with van der Waals surface area (Å²) in [5.41, 5.74) is -6.93. The molecule has 2 N–H and O–H groups in total. The van der Waals surface area contributed by atoms with Crippen molar-refractivity contribution in [3.63, 3.8) is 0 Å². The summed E-state index contributed by atoms with van der Waals surface area (Å²) in [6.07, 6.45) is -5.54. The molecule has 0 spiro atoms. The van der Waals surface area contributed by atoms with Gasteiger partial charge < -0.3 is 5.32 Å². The van der Waals surface area contributed by atoms with Crippen LogP contribution in [0.5, 0.6) is 0 Å². The van der Waals surface area contributed by atoms with E-state index in [1.165, 1.54) is 16.9 Å². The van der Waals surface area contributed by atoms with Crippen molar-refractivity contribution in [1.29, 1.82) is 0 Å². The maximum absolute atomic E-state index is 14.2. The highest BCUT2D eigenvalue weighted by molar-refractivity contribution is 7.89. The van der Waals surface area contributed by atoms with Gasteiger partial charge in [0.2, 0.25) is 15.6 Å². The molecule has 0 radical (unpaired) electrons. The van der Waals surface area contributed by atoms with Crippen LogP contribution >= 0.6 is 0 Å². The van der Waals surface area contributed by atoms with Gasteiger partial charge in [0.05, 0.1) is 10.5 Å². The fourth-order valence-electron chi connectivity index (χ4n) is 3.05. The Kier molecular flexibility index (Phi) is 4.51. The Labute approximate surface area is 161 Å². The Hall–Kier alpha value is -2.93. The number of amides is 1. The van der Waals surface area contributed by atoms with Gasteiger partial charge in [-0.3, -0.25) is 18.7 Å². The number of aryl methyl sites for hydroxylation is 1. The minimum atomic E-state index is -5.54.